The SMILES string of the molecule is CCOc1ccc(NS(=O)(=O)c2ccc(OCC(=O)NCc3cccc(C)c3)cc2)cc1. The summed E-state index contributed by atoms with van der Waals surface area (Å²) in [5.41, 5.74) is 2.56. The highest BCUT2D eigenvalue weighted by atomic mass is 32.2. The van der Waals surface area contributed by atoms with Crippen molar-refractivity contribution in [2.75, 3.05) is 17.9 Å². The Labute approximate surface area is 188 Å². The Morgan fingerprint density at radius 1 is 0.906 bits per heavy atom. The maximum absolute atomic E-state index is 12.6. The van der Waals surface area contributed by atoms with Crippen molar-refractivity contribution >= 4 is 21.6 Å². The molecule has 7 nitrogen and oxygen atoms in total. The quantitative estimate of drug-likeness (QED) is 0.485. The lowest BCUT2D eigenvalue weighted by molar-refractivity contribution is -0.123. The summed E-state index contributed by atoms with van der Waals surface area (Å²) in [5.74, 6) is 0.802. The van der Waals surface area contributed by atoms with E-state index in [1.54, 1.807) is 24.3 Å². The molecule has 0 saturated heterocycles. The summed E-state index contributed by atoms with van der Waals surface area (Å²) in [6.07, 6.45) is 0. The van der Waals surface area contributed by atoms with Gasteiger partial charge in [-0.1, -0.05) is 29.8 Å². The number of hydrogen-bond donors (Lipinski definition) is 2. The molecule has 32 heavy (non-hydrogen) atoms. The number of carbonyl (C=O) groups excluding carboxylic acids is 1. The van der Waals surface area contributed by atoms with Crippen LogP contribution in [0, 0.1) is 6.92 Å². The smallest absolute Gasteiger partial charge is 0.261 e. The van der Waals surface area contributed by atoms with Crippen molar-refractivity contribution in [1.29, 1.82) is 0 Å². The van der Waals surface area contributed by atoms with Gasteiger partial charge in [0.2, 0.25) is 0 Å². The highest BCUT2D eigenvalue weighted by molar-refractivity contribution is 7.92. The van der Waals surface area contributed by atoms with Gasteiger partial charge in [0.1, 0.15) is 11.5 Å². The molecule has 0 aliphatic heterocycles. The number of aryl methyl sites for hydroxylation is 1. The summed E-state index contributed by atoms with van der Waals surface area (Å²) in [6, 6.07) is 20.4. The zero-order valence-corrected chi connectivity index (χ0v) is 18.8. The van der Waals surface area contributed by atoms with Crippen molar-refractivity contribution in [1.82, 2.24) is 5.32 Å². The minimum absolute atomic E-state index is 0.0858. The highest BCUT2D eigenvalue weighted by Crippen LogP contribution is 2.21. The van der Waals surface area contributed by atoms with E-state index in [9.17, 15) is 13.2 Å². The Bertz CT molecular complexity index is 1140. The summed E-state index contributed by atoms with van der Waals surface area (Å²) in [6.45, 7) is 4.66. The number of sulfonamides is 1. The molecule has 0 radical (unpaired) electrons. The summed E-state index contributed by atoms with van der Waals surface area (Å²) < 4.78 is 38.5. The monoisotopic (exact) mass is 454 g/mol. The van der Waals surface area contributed by atoms with E-state index in [1.807, 2.05) is 38.1 Å². The molecule has 0 bridgehead atoms. The van der Waals surface area contributed by atoms with Crippen molar-refractivity contribution in [3.8, 4) is 11.5 Å². The van der Waals surface area contributed by atoms with Crippen molar-refractivity contribution in [3.05, 3.63) is 83.9 Å². The normalized spacial score (nSPS) is 10.9. The van der Waals surface area contributed by atoms with Gasteiger partial charge in [-0.2, -0.15) is 0 Å². The second-order valence-electron chi connectivity index (χ2n) is 7.09. The summed E-state index contributed by atoms with van der Waals surface area (Å²) >= 11 is 0. The fourth-order valence-electron chi connectivity index (χ4n) is 2.94. The third kappa shape index (κ3) is 6.75. The predicted octanol–water partition coefficient (Wildman–Crippen LogP) is 3.89. The van der Waals surface area contributed by atoms with Crippen LogP contribution >= 0.6 is 0 Å². The van der Waals surface area contributed by atoms with E-state index < -0.39 is 10.0 Å². The van der Waals surface area contributed by atoms with Crippen LogP contribution in [0.25, 0.3) is 0 Å². The second kappa shape index (κ2) is 10.7. The lowest BCUT2D eigenvalue weighted by Gasteiger charge is -2.11. The summed E-state index contributed by atoms with van der Waals surface area (Å²) in [5, 5.41) is 2.79. The third-order valence-corrected chi connectivity index (χ3v) is 5.89. The number of benzene rings is 3. The van der Waals surface area contributed by atoms with Crippen LogP contribution in [0.1, 0.15) is 18.1 Å². The van der Waals surface area contributed by atoms with Gasteiger partial charge in [0.05, 0.1) is 11.5 Å². The average molecular weight is 455 g/mol. The van der Waals surface area contributed by atoms with Crippen LogP contribution < -0.4 is 19.5 Å². The molecular weight excluding hydrogens is 428 g/mol. The van der Waals surface area contributed by atoms with Crippen molar-refractivity contribution in [2.45, 2.75) is 25.3 Å². The molecule has 8 heteroatoms. The average Bonchev–Trinajstić information content (AvgIpc) is 2.78. The number of nitrogens with one attached hydrogen (secondary N) is 2. The molecule has 0 fully saturated rings. The van der Waals surface area contributed by atoms with E-state index in [1.165, 1.54) is 24.3 Å². The Morgan fingerprint density at radius 2 is 1.56 bits per heavy atom. The van der Waals surface area contributed by atoms with Crippen LogP contribution in [0.3, 0.4) is 0 Å². The molecule has 3 rings (SSSR count). The molecule has 0 unspecified atom stereocenters. The number of ether oxygens (including phenoxy) is 2. The molecule has 0 aliphatic rings. The summed E-state index contributed by atoms with van der Waals surface area (Å²) in [4.78, 5) is 12.1. The Kier molecular flexibility index (Phi) is 7.72. The first-order chi connectivity index (χ1) is 15.4. The largest absolute Gasteiger partial charge is 0.494 e. The zero-order valence-electron chi connectivity index (χ0n) is 18.0. The van der Waals surface area contributed by atoms with E-state index >= 15 is 0 Å². The Hall–Kier alpha value is -3.52. The first-order valence-electron chi connectivity index (χ1n) is 10.2. The van der Waals surface area contributed by atoms with Crippen LogP contribution in [-0.4, -0.2) is 27.5 Å². The number of hydrogen-bond acceptors (Lipinski definition) is 5. The maximum atomic E-state index is 12.6. The van der Waals surface area contributed by atoms with Crippen molar-refractivity contribution in [2.24, 2.45) is 0 Å². The number of carbonyl (C=O) groups is 1. The topological polar surface area (TPSA) is 93.7 Å². The molecule has 0 spiro atoms. The zero-order chi connectivity index (χ0) is 23.0. The molecule has 0 atom stereocenters. The van der Waals surface area contributed by atoms with Crippen LogP contribution in [0.15, 0.2) is 77.7 Å². The molecule has 168 valence electrons. The Balaban J connectivity index is 1.51. The van der Waals surface area contributed by atoms with Crippen LogP contribution in [0.4, 0.5) is 5.69 Å². The molecule has 0 heterocycles. The second-order valence-corrected chi connectivity index (χ2v) is 8.77. The molecule has 0 aromatic heterocycles. The van der Waals surface area contributed by atoms with Crippen molar-refractivity contribution in [3.63, 3.8) is 0 Å². The van der Waals surface area contributed by atoms with Crippen molar-refractivity contribution < 1.29 is 22.7 Å². The number of anilines is 1. The fourth-order valence-corrected chi connectivity index (χ4v) is 4.00. The highest BCUT2D eigenvalue weighted by Gasteiger charge is 2.14. The molecular formula is C24H26N2O5S. The van der Waals surface area contributed by atoms with Gasteiger partial charge in [-0.05, 0) is 67.9 Å². The van der Waals surface area contributed by atoms with Gasteiger partial charge < -0.3 is 14.8 Å². The van der Waals surface area contributed by atoms with Gasteiger partial charge in [0.15, 0.2) is 6.61 Å². The minimum Gasteiger partial charge on any atom is -0.494 e. The molecule has 3 aromatic rings. The van der Waals surface area contributed by atoms with Crippen LogP contribution in [0.2, 0.25) is 0 Å². The van der Waals surface area contributed by atoms with Gasteiger partial charge in [0, 0.05) is 12.2 Å². The van der Waals surface area contributed by atoms with E-state index in [0.29, 0.717) is 30.3 Å². The van der Waals surface area contributed by atoms with Crippen LogP contribution in [-0.2, 0) is 21.4 Å². The molecule has 3 aromatic carbocycles. The minimum atomic E-state index is -3.75. The van der Waals surface area contributed by atoms with Gasteiger partial charge >= 0.3 is 0 Å². The van der Waals surface area contributed by atoms with Crippen LogP contribution in [0.5, 0.6) is 11.5 Å². The third-order valence-electron chi connectivity index (χ3n) is 4.49. The lowest BCUT2D eigenvalue weighted by Crippen LogP contribution is -2.28. The standard InChI is InChI=1S/C24H26N2O5S/c1-3-30-21-9-7-20(8-10-21)26-32(28,29)23-13-11-22(12-14-23)31-17-24(27)25-16-19-6-4-5-18(2)15-19/h4-15,26H,3,16-17H2,1-2H3,(H,25,27). The Morgan fingerprint density at radius 3 is 2.22 bits per heavy atom. The summed E-state index contributed by atoms with van der Waals surface area (Å²) in [7, 11) is -3.75. The van der Waals surface area contributed by atoms with Gasteiger partial charge in [-0.15, -0.1) is 0 Å². The molecule has 0 saturated carbocycles. The number of amides is 1. The van der Waals surface area contributed by atoms with E-state index in [-0.39, 0.29) is 17.4 Å². The maximum Gasteiger partial charge on any atom is 0.261 e. The van der Waals surface area contributed by atoms with E-state index in [4.69, 9.17) is 9.47 Å². The van der Waals surface area contributed by atoms with Gasteiger partial charge in [0.25, 0.3) is 15.9 Å². The first kappa shape index (κ1) is 23.1. The molecule has 0 aliphatic carbocycles. The van der Waals surface area contributed by atoms with Gasteiger partial charge in [-0.3, -0.25) is 9.52 Å². The van der Waals surface area contributed by atoms with Gasteiger partial charge in [-0.25, -0.2) is 8.42 Å². The number of rotatable bonds is 10. The predicted molar refractivity (Wildman–Crippen MR) is 123 cm³/mol. The van der Waals surface area contributed by atoms with E-state index in [0.717, 1.165) is 11.1 Å². The first-order valence-corrected chi connectivity index (χ1v) is 11.6. The molecule has 1 amide bonds. The lowest BCUT2D eigenvalue weighted by atomic mass is 10.1. The van der Waals surface area contributed by atoms with E-state index in [2.05, 4.69) is 10.0 Å². The fraction of sp³-hybridized carbons (Fsp3) is 0.208. The molecule has 2 N–H and O–H groups in total.